The van der Waals surface area contributed by atoms with Crippen LogP contribution in [0, 0.1) is 0 Å². The van der Waals surface area contributed by atoms with Crippen LogP contribution in [0.3, 0.4) is 0 Å². The summed E-state index contributed by atoms with van der Waals surface area (Å²) in [6.07, 6.45) is 17.8. The van der Waals surface area contributed by atoms with E-state index in [0.29, 0.717) is 0 Å². The standard InChI is InChI=1S/C49H66B2O4/c1-11-13-15-17-21-35-23-19-25-37(31-35)49(38-26-20-24-36(32-38)22-18-16-14-12-2)43-33-39(50-52-45(3,4)46(5,6)53-50)27-29-41(43)42-30-28-40(34-44(42)49)51-54-47(7,8)48(9,10)55-51/h19-20,23-33,40H,11-18,21-22,34H2,1-10H3. The Kier molecular flexibility index (Phi) is 11.3. The number of hydrogen-bond acceptors (Lipinski definition) is 4. The number of allylic oxidation sites excluding steroid dienone is 4. The normalized spacial score (nSPS) is 22.7. The Morgan fingerprint density at radius 1 is 0.600 bits per heavy atom. The molecule has 2 saturated heterocycles. The van der Waals surface area contributed by atoms with E-state index in [9.17, 15) is 0 Å². The molecular formula is C49H66B2O4. The smallest absolute Gasteiger partial charge is 0.403 e. The van der Waals surface area contributed by atoms with E-state index in [1.165, 1.54) is 95.9 Å². The molecule has 0 saturated carbocycles. The number of fused-ring (bicyclic) bond motifs is 2. The molecule has 55 heavy (non-hydrogen) atoms. The second-order valence-electron chi connectivity index (χ2n) is 18.9. The SMILES string of the molecule is CCCCCCc1cccc(C2(c3cccc(CCCCCC)c3)C3=C(C=CC(B4OC(C)(C)C(C)(C)O4)C3)c3ccc(B4OC(C)(C)C(C)(C)O4)cc32)c1. The molecule has 6 heteroatoms. The minimum absolute atomic E-state index is 0.0745. The summed E-state index contributed by atoms with van der Waals surface area (Å²) in [5, 5.41) is 0. The Labute approximate surface area is 334 Å². The molecule has 0 bridgehead atoms. The van der Waals surface area contributed by atoms with Gasteiger partial charge < -0.3 is 18.6 Å². The molecule has 7 rings (SSSR count). The zero-order valence-electron chi connectivity index (χ0n) is 35.6. The predicted octanol–water partition coefficient (Wildman–Crippen LogP) is 11.8. The van der Waals surface area contributed by atoms with Gasteiger partial charge in [0, 0.05) is 5.82 Å². The lowest BCUT2D eigenvalue weighted by Gasteiger charge is -2.38. The van der Waals surface area contributed by atoms with Crippen molar-refractivity contribution in [1.29, 1.82) is 0 Å². The number of hydrogen-bond donors (Lipinski definition) is 0. The maximum Gasteiger partial charge on any atom is 0.494 e. The minimum Gasteiger partial charge on any atom is -0.403 e. The lowest BCUT2D eigenvalue weighted by Crippen LogP contribution is -2.41. The first-order valence-corrected chi connectivity index (χ1v) is 21.6. The fourth-order valence-electron chi connectivity index (χ4n) is 9.25. The minimum atomic E-state index is -0.518. The molecular weight excluding hydrogens is 674 g/mol. The van der Waals surface area contributed by atoms with Gasteiger partial charge in [-0.1, -0.05) is 131 Å². The summed E-state index contributed by atoms with van der Waals surface area (Å²) in [5.41, 5.74) is 9.76. The highest BCUT2D eigenvalue weighted by Gasteiger charge is 2.57. The van der Waals surface area contributed by atoms with E-state index in [4.69, 9.17) is 18.6 Å². The zero-order chi connectivity index (χ0) is 39.2. The van der Waals surface area contributed by atoms with Gasteiger partial charge in [0.15, 0.2) is 0 Å². The molecule has 0 N–H and O–H groups in total. The van der Waals surface area contributed by atoms with Gasteiger partial charge in [-0.3, -0.25) is 0 Å². The Morgan fingerprint density at radius 2 is 1.13 bits per heavy atom. The molecule has 1 unspecified atom stereocenters. The third-order valence-electron chi connectivity index (χ3n) is 14.0. The van der Waals surface area contributed by atoms with Gasteiger partial charge in [0.25, 0.3) is 0 Å². The van der Waals surface area contributed by atoms with Gasteiger partial charge >= 0.3 is 14.2 Å². The van der Waals surface area contributed by atoms with Crippen molar-refractivity contribution in [1.82, 2.24) is 0 Å². The first-order valence-electron chi connectivity index (χ1n) is 21.6. The van der Waals surface area contributed by atoms with Gasteiger partial charge in [0.05, 0.1) is 27.8 Å². The number of benzene rings is 3. The fourth-order valence-corrected chi connectivity index (χ4v) is 9.25. The van der Waals surface area contributed by atoms with Gasteiger partial charge in [0.2, 0.25) is 0 Å². The third kappa shape index (κ3) is 7.39. The van der Waals surface area contributed by atoms with Gasteiger partial charge in [-0.25, -0.2) is 0 Å². The van der Waals surface area contributed by atoms with Crippen LogP contribution in [-0.2, 0) is 36.9 Å². The van der Waals surface area contributed by atoms with Crippen molar-refractivity contribution < 1.29 is 18.6 Å². The van der Waals surface area contributed by atoms with E-state index in [2.05, 4.69) is 148 Å². The van der Waals surface area contributed by atoms with Crippen LogP contribution in [0.1, 0.15) is 160 Å². The van der Waals surface area contributed by atoms with E-state index in [-0.39, 0.29) is 12.9 Å². The summed E-state index contributed by atoms with van der Waals surface area (Å²) in [4.78, 5) is 0. The molecule has 0 aromatic heterocycles. The molecule has 2 aliphatic heterocycles. The average molecular weight is 741 g/mol. The molecule has 4 nitrogen and oxygen atoms in total. The van der Waals surface area contributed by atoms with Crippen LogP contribution >= 0.6 is 0 Å². The second-order valence-corrected chi connectivity index (χ2v) is 18.9. The molecule has 2 aliphatic carbocycles. The summed E-state index contributed by atoms with van der Waals surface area (Å²) >= 11 is 0. The number of rotatable bonds is 14. The van der Waals surface area contributed by atoms with Crippen LogP contribution in [0.4, 0.5) is 0 Å². The van der Waals surface area contributed by atoms with Crippen LogP contribution in [-0.4, -0.2) is 36.6 Å². The number of unbranched alkanes of at least 4 members (excludes halogenated alkanes) is 6. The maximum atomic E-state index is 6.77. The van der Waals surface area contributed by atoms with E-state index < -0.39 is 34.9 Å². The molecule has 2 heterocycles. The Hall–Kier alpha value is -2.89. The summed E-state index contributed by atoms with van der Waals surface area (Å²) in [6.45, 7) is 21.8. The van der Waals surface area contributed by atoms with Crippen LogP contribution in [0.25, 0.3) is 5.57 Å². The molecule has 4 aliphatic rings. The highest BCUT2D eigenvalue weighted by Crippen LogP contribution is 2.59. The van der Waals surface area contributed by atoms with Crippen LogP contribution in [0.5, 0.6) is 0 Å². The van der Waals surface area contributed by atoms with E-state index in [1.807, 2.05) is 0 Å². The molecule has 0 spiro atoms. The first-order chi connectivity index (χ1) is 26.1. The average Bonchev–Trinajstić information content (AvgIpc) is 3.66. The topological polar surface area (TPSA) is 36.9 Å². The number of aryl methyl sites for hydroxylation is 2. The highest BCUT2D eigenvalue weighted by molar-refractivity contribution is 6.62. The molecule has 0 radical (unpaired) electrons. The lowest BCUT2D eigenvalue weighted by atomic mass is 9.59. The van der Waals surface area contributed by atoms with Gasteiger partial charge in [0.1, 0.15) is 0 Å². The fraction of sp³-hybridized carbons (Fsp3) is 0.551. The van der Waals surface area contributed by atoms with Crippen molar-refractivity contribution in [2.75, 3.05) is 0 Å². The zero-order valence-corrected chi connectivity index (χ0v) is 35.6. The van der Waals surface area contributed by atoms with Gasteiger partial charge in [-0.05, 0) is 137 Å². The van der Waals surface area contributed by atoms with E-state index in [0.717, 1.165) is 24.7 Å². The Bertz CT molecular complexity index is 1830. The molecule has 2 fully saturated rings. The van der Waals surface area contributed by atoms with Gasteiger partial charge in [-0.15, -0.1) is 0 Å². The maximum absolute atomic E-state index is 6.77. The summed E-state index contributed by atoms with van der Waals surface area (Å²) in [6, 6.07) is 26.2. The largest absolute Gasteiger partial charge is 0.494 e. The van der Waals surface area contributed by atoms with Crippen LogP contribution in [0.15, 0.2) is 84.5 Å². The van der Waals surface area contributed by atoms with Crippen molar-refractivity contribution in [3.8, 4) is 0 Å². The molecule has 0 amide bonds. The Morgan fingerprint density at radius 3 is 1.65 bits per heavy atom. The highest BCUT2D eigenvalue weighted by atomic mass is 16.7. The molecule has 292 valence electrons. The van der Waals surface area contributed by atoms with Crippen molar-refractivity contribution in [2.45, 2.75) is 174 Å². The van der Waals surface area contributed by atoms with Crippen molar-refractivity contribution >= 4 is 25.3 Å². The van der Waals surface area contributed by atoms with E-state index >= 15 is 0 Å². The van der Waals surface area contributed by atoms with Crippen LogP contribution < -0.4 is 5.46 Å². The Balaban J connectivity index is 1.41. The third-order valence-corrected chi connectivity index (χ3v) is 14.0. The molecule has 1 atom stereocenters. The molecule has 3 aromatic rings. The van der Waals surface area contributed by atoms with Crippen molar-refractivity contribution in [3.63, 3.8) is 0 Å². The lowest BCUT2D eigenvalue weighted by molar-refractivity contribution is 0.00578. The van der Waals surface area contributed by atoms with E-state index in [1.54, 1.807) is 0 Å². The summed E-state index contributed by atoms with van der Waals surface area (Å²) in [7, 11) is -0.778. The predicted molar refractivity (Wildman–Crippen MR) is 231 cm³/mol. The van der Waals surface area contributed by atoms with Crippen molar-refractivity contribution in [3.05, 3.63) is 118 Å². The monoisotopic (exact) mass is 741 g/mol. The summed E-state index contributed by atoms with van der Waals surface area (Å²) in [5.74, 6) is 0.0745. The first kappa shape index (κ1) is 40.3. The van der Waals surface area contributed by atoms with Gasteiger partial charge in [-0.2, -0.15) is 0 Å². The second kappa shape index (κ2) is 15.5. The van der Waals surface area contributed by atoms with Crippen LogP contribution in [0.2, 0.25) is 5.82 Å². The van der Waals surface area contributed by atoms with Crippen molar-refractivity contribution in [2.24, 2.45) is 0 Å². The molecule has 3 aromatic carbocycles. The summed E-state index contributed by atoms with van der Waals surface area (Å²) < 4.78 is 27.0. The quantitative estimate of drug-likeness (QED) is 0.122.